The van der Waals surface area contributed by atoms with Crippen molar-refractivity contribution in [1.29, 1.82) is 0 Å². The normalized spacial score (nSPS) is 14.9. The number of rotatable bonds is 5. The molecule has 2 nitrogen and oxygen atoms in total. The lowest BCUT2D eigenvalue weighted by Crippen LogP contribution is -2.33. The van der Waals surface area contributed by atoms with E-state index in [-0.39, 0.29) is 0 Å². The first-order chi connectivity index (χ1) is 7.10. The summed E-state index contributed by atoms with van der Waals surface area (Å²) in [7, 11) is 1.85. The Balaban J connectivity index is 2.78. The predicted octanol–water partition coefficient (Wildman–Crippen LogP) is 2.07. The molecule has 0 bridgehead atoms. The molecule has 0 aliphatic heterocycles. The van der Waals surface area contributed by atoms with E-state index in [1.807, 2.05) is 26.1 Å². The zero-order valence-electron chi connectivity index (χ0n) is 9.88. The van der Waals surface area contributed by atoms with Crippen molar-refractivity contribution >= 4 is 0 Å². The summed E-state index contributed by atoms with van der Waals surface area (Å²) in [5, 5.41) is 13.1. The molecule has 0 radical (unpaired) electrons. The Morgan fingerprint density at radius 3 is 2.33 bits per heavy atom. The third kappa shape index (κ3) is 3.33. The largest absolute Gasteiger partial charge is 0.384 e. The molecular weight excluding hydrogens is 186 g/mol. The lowest BCUT2D eigenvalue weighted by molar-refractivity contribution is 0.0591. The molecule has 84 valence electrons. The Kier molecular flexibility index (Phi) is 4.30. The van der Waals surface area contributed by atoms with Crippen LogP contribution in [0.1, 0.15) is 31.4 Å². The van der Waals surface area contributed by atoms with Gasteiger partial charge < -0.3 is 10.4 Å². The molecule has 0 saturated heterocycles. The third-order valence-corrected chi connectivity index (χ3v) is 2.64. The van der Waals surface area contributed by atoms with Crippen molar-refractivity contribution < 1.29 is 5.11 Å². The van der Waals surface area contributed by atoms with Gasteiger partial charge in [0, 0.05) is 6.54 Å². The molecule has 1 aromatic carbocycles. The summed E-state index contributed by atoms with van der Waals surface area (Å²) in [5.41, 5.74) is 1.53. The summed E-state index contributed by atoms with van der Waals surface area (Å²) in [6, 6.07) is 8.23. The smallest absolute Gasteiger partial charge is 0.0992 e. The number of benzene rings is 1. The second-order valence-corrected chi connectivity index (χ2v) is 4.25. The van der Waals surface area contributed by atoms with Gasteiger partial charge in [-0.1, -0.05) is 37.6 Å². The van der Waals surface area contributed by atoms with Crippen molar-refractivity contribution in [2.45, 2.75) is 32.3 Å². The fraction of sp³-hybridized carbons (Fsp3) is 0.538. The third-order valence-electron chi connectivity index (χ3n) is 2.64. The molecule has 0 amide bonds. The highest BCUT2D eigenvalue weighted by molar-refractivity contribution is 5.27. The minimum absolute atomic E-state index is 0.570. The average Bonchev–Trinajstić information content (AvgIpc) is 2.19. The molecule has 1 rings (SSSR count). The molecule has 0 saturated carbocycles. The Bertz CT molecular complexity index is 290. The van der Waals surface area contributed by atoms with Crippen LogP contribution in [0.2, 0.25) is 0 Å². The molecule has 1 aromatic rings. The second-order valence-electron chi connectivity index (χ2n) is 4.25. The van der Waals surface area contributed by atoms with Gasteiger partial charge in [0.25, 0.3) is 0 Å². The van der Waals surface area contributed by atoms with Gasteiger partial charge in [0.05, 0.1) is 5.60 Å². The van der Waals surface area contributed by atoms with E-state index in [0.29, 0.717) is 6.54 Å². The summed E-state index contributed by atoms with van der Waals surface area (Å²) >= 11 is 0. The van der Waals surface area contributed by atoms with E-state index in [9.17, 15) is 5.11 Å². The van der Waals surface area contributed by atoms with E-state index in [2.05, 4.69) is 24.4 Å². The number of likely N-dealkylation sites (N-methyl/N-ethyl adjacent to an activating group) is 1. The standard InChI is InChI=1S/C13H21NO/c1-4-5-11-6-8-12(9-7-11)13(2,15)10-14-3/h6-9,14-15H,4-5,10H2,1-3H3. The van der Waals surface area contributed by atoms with Crippen molar-refractivity contribution in [3.63, 3.8) is 0 Å². The second kappa shape index (κ2) is 5.29. The number of aliphatic hydroxyl groups is 1. The van der Waals surface area contributed by atoms with Gasteiger partial charge in [-0.15, -0.1) is 0 Å². The quantitative estimate of drug-likeness (QED) is 0.774. The number of nitrogens with one attached hydrogen (secondary N) is 1. The molecule has 2 heteroatoms. The fourth-order valence-corrected chi connectivity index (χ4v) is 1.77. The van der Waals surface area contributed by atoms with Crippen molar-refractivity contribution in [1.82, 2.24) is 5.32 Å². The molecule has 0 fully saturated rings. The maximum Gasteiger partial charge on any atom is 0.0992 e. The van der Waals surface area contributed by atoms with Crippen LogP contribution in [0.3, 0.4) is 0 Å². The number of aryl methyl sites for hydroxylation is 1. The Morgan fingerprint density at radius 2 is 1.87 bits per heavy atom. The van der Waals surface area contributed by atoms with E-state index in [1.54, 1.807) is 0 Å². The van der Waals surface area contributed by atoms with Crippen LogP contribution in [0, 0.1) is 0 Å². The first-order valence-corrected chi connectivity index (χ1v) is 5.56. The summed E-state index contributed by atoms with van der Waals surface area (Å²) in [4.78, 5) is 0. The van der Waals surface area contributed by atoms with E-state index in [0.717, 1.165) is 18.4 Å². The van der Waals surface area contributed by atoms with Gasteiger partial charge in [-0.2, -0.15) is 0 Å². The van der Waals surface area contributed by atoms with Gasteiger partial charge in [-0.05, 0) is 31.5 Å². The van der Waals surface area contributed by atoms with E-state index in [4.69, 9.17) is 0 Å². The molecule has 2 N–H and O–H groups in total. The molecule has 0 aromatic heterocycles. The van der Waals surface area contributed by atoms with E-state index < -0.39 is 5.60 Å². The van der Waals surface area contributed by atoms with Crippen LogP contribution in [-0.2, 0) is 12.0 Å². The zero-order valence-corrected chi connectivity index (χ0v) is 9.88. The highest BCUT2D eigenvalue weighted by atomic mass is 16.3. The molecule has 0 aliphatic rings. The van der Waals surface area contributed by atoms with Crippen molar-refractivity contribution in [2.24, 2.45) is 0 Å². The minimum atomic E-state index is -0.778. The van der Waals surface area contributed by atoms with Crippen molar-refractivity contribution in [3.8, 4) is 0 Å². The summed E-state index contributed by atoms with van der Waals surface area (Å²) in [6.45, 7) is 4.57. The molecule has 0 spiro atoms. The monoisotopic (exact) mass is 207 g/mol. The van der Waals surface area contributed by atoms with E-state index in [1.165, 1.54) is 5.56 Å². The highest BCUT2D eigenvalue weighted by Crippen LogP contribution is 2.20. The maximum absolute atomic E-state index is 10.1. The Labute approximate surface area is 92.3 Å². The minimum Gasteiger partial charge on any atom is -0.384 e. The average molecular weight is 207 g/mol. The molecular formula is C13H21NO. The van der Waals surface area contributed by atoms with Crippen LogP contribution in [-0.4, -0.2) is 18.7 Å². The topological polar surface area (TPSA) is 32.3 Å². The van der Waals surface area contributed by atoms with Crippen LogP contribution in [0.25, 0.3) is 0 Å². The van der Waals surface area contributed by atoms with Gasteiger partial charge >= 0.3 is 0 Å². The van der Waals surface area contributed by atoms with Gasteiger partial charge in [0.2, 0.25) is 0 Å². The lowest BCUT2D eigenvalue weighted by Gasteiger charge is -2.23. The van der Waals surface area contributed by atoms with Crippen LogP contribution in [0.15, 0.2) is 24.3 Å². The number of hydrogen-bond acceptors (Lipinski definition) is 2. The van der Waals surface area contributed by atoms with Crippen LogP contribution in [0.5, 0.6) is 0 Å². The predicted molar refractivity (Wildman–Crippen MR) is 63.9 cm³/mol. The van der Waals surface area contributed by atoms with Crippen molar-refractivity contribution in [3.05, 3.63) is 35.4 Å². The highest BCUT2D eigenvalue weighted by Gasteiger charge is 2.21. The molecule has 0 heterocycles. The van der Waals surface area contributed by atoms with Gasteiger partial charge in [0.15, 0.2) is 0 Å². The summed E-state index contributed by atoms with van der Waals surface area (Å²) in [5.74, 6) is 0. The van der Waals surface area contributed by atoms with Crippen LogP contribution in [0.4, 0.5) is 0 Å². The molecule has 1 atom stereocenters. The van der Waals surface area contributed by atoms with E-state index >= 15 is 0 Å². The maximum atomic E-state index is 10.1. The summed E-state index contributed by atoms with van der Waals surface area (Å²) in [6.07, 6.45) is 2.26. The first kappa shape index (κ1) is 12.2. The van der Waals surface area contributed by atoms with Gasteiger partial charge in [-0.25, -0.2) is 0 Å². The number of hydrogen-bond donors (Lipinski definition) is 2. The Hall–Kier alpha value is -0.860. The Morgan fingerprint density at radius 1 is 1.27 bits per heavy atom. The molecule has 15 heavy (non-hydrogen) atoms. The SMILES string of the molecule is CCCc1ccc(C(C)(O)CNC)cc1. The van der Waals surface area contributed by atoms with Crippen molar-refractivity contribution in [2.75, 3.05) is 13.6 Å². The fourth-order valence-electron chi connectivity index (χ4n) is 1.77. The van der Waals surface area contributed by atoms with Gasteiger partial charge in [0.1, 0.15) is 0 Å². The van der Waals surface area contributed by atoms with Crippen LogP contribution < -0.4 is 5.32 Å². The molecule has 1 unspecified atom stereocenters. The molecule has 0 aliphatic carbocycles. The zero-order chi connectivity index (χ0) is 11.3. The first-order valence-electron chi connectivity index (χ1n) is 5.56. The lowest BCUT2D eigenvalue weighted by atomic mass is 9.94. The van der Waals surface area contributed by atoms with Gasteiger partial charge in [-0.3, -0.25) is 0 Å². The van der Waals surface area contributed by atoms with Crippen LogP contribution >= 0.6 is 0 Å². The summed E-state index contributed by atoms with van der Waals surface area (Å²) < 4.78 is 0.